The highest BCUT2D eigenvalue weighted by Crippen LogP contribution is 2.18. The molecule has 0 amide bonds. The molecular formula is C10H14N2OS. The average Bonchev–Trinajstić information content (AvgIpc) is 2.58. The fourth-order valence-corrected chi connectivity index (χ4v) is 1.95. The summed E-state index contributed by atoms with van der Waals surface area (Å²) in [5, 5.41) is 2.66. The van der Waals surface area contributed by atoms with Crippen LogP contribution in [-0.2, 0) is 7.05 Å². The zero-order chi connectivity index (χ0) is 10.7. The van der Waals surface area contributed by atoms with Crippen molar-refractivity contribution in [1.29, 1.82) is 0 Å². The Balaban J connectivity index is 0.000000461. The van der Waals surface area contributed by atoms with E-state index in [1.807, 2.05) is 26.2 Å². The Morgan fingerprint density at radius 2 is 2.07 bits per heavy atom. The third-order valence-corrected chi connectivity index (χ3v) is 2.76. The van der Waals surface area contributed by atoms with Crippen LogP contribution in [0.3, 0.4) is 0 Å². The van der Waals surface area contributed by atoms with Gasteiger partial charge in [-0.05, 0) is 6.92 Å². The van der Waals surface area contributed by atoms with Crippen molar-refractivity contribution in [2.24, 2.45) is 7.05 Å². The molecule has 76 valence electrons. The summed E-state index contributed by atoms with van der Waals surface area (Å²) in [5.41, 5.74) is 0.847. The number of thiophene rings is 1. The molecule has 0 atom stereocenters. The maximum absolute atomic E-state index is 11.5. The molecule has 0 bridgehead atoms. The standard InChI is InChI=1S/C8H8N2OS.C2H6/c1-5-7-6(3-12-5)9-4-10(2)8(7)11;1-2/h3-4H,1-2H3;1-2H3. The highest BCUT2D eigenvalue weighted by Gasteiger charge is 2.05. The Kier molecular flexibility index (Phi) is 3.41. The zero-order valence-electron chi connectivity index (χ0n) is 8.87. The molecule has 2 aromatic heterocycles. The first kappa shape index (κ1) is 10.9. The topological polar surface area (TPSA) is 34.9 Å². The Morgan fingerprint density at radius 3 is 2.71 bits per heavy atom. The Morgan fingerprint density at radius 1 is 1.43 bits per heavy atom. The van der Waals surface area contributed by atoms with Gasteiger partial charge in [0.15, 0.2) is 0 Å². The number of nitrogens with zero attached hydrogens (tertiary/aromatic N) is 2. The number of aryl methyl sites for hydroxylation is 2. The maximum Gasteiger partial charge on any atom is 0.262 e. The van der Waals surface area contributed by atoms with E-state index in [1.54, 1.807) is 24.7 Å². The molecule has 0 aliphatic heterocycles. The van der Waals surface area contributed by atoms with Crippen molar-refractivity contribution in [3.8, 4) is 0 Å². The van der Waals surface area contributed by atoms with Gasteiger partial charge in [-0.1, -0.05) is 13.8 Å². The van der Waals surface area contributed by atoms with Gasteiger partial charge < -0.3 is 4.57 Å². The molecule has 0 N–H and O–H groups in total. The second-order valence-electron chi connectivity index (χ2n) is 2.71. The molecule has 0 radical (unpaired) electrons. The van der Waals surface area contributed by atoms with Gasteiger partial charge in [0.1, 0.15) is 0 Å². The van der Waals surface area contributed by atoms with E-state index >= 15 is 0 Å². The van der Waals surface area contributed by atoms with E-state index in [4.69, 9.17) is 0 Å². The summed E-state index contributed by atoms with van der Waals surface area (Å²) in [4.78, 5) is 16.7. The van der Waals surface area contributed by atoms with Crippen LogP contribution in [0.1, 0.15) is 18.7 Å². The van der Waals surface area contributed by atoms with E-state index in [9.17, 15) is 4.79 Å². The van der Waals surface area contributed by atoms with Crippen LogP contribution in [0.5, 0.6) is 0 Å². The summed E-state index contributed by atoms with van der Waals surface area (Å²) in [6.45, 7) is 5.94. The zero-order valence-corrected chi connectivity index (χ0v) is 9.68. The molecule has 0 unspecified atom stereocenters. The lowest BCUT2D eigenvalue weighted by Crippen LogP contribution is -2.16. The fourth-order valence-electron chi connectivity index (χ4n) is 1.18. The first-order chi connectivity index (χ1) is 6.70. The molecule has 4 heteroatoms. The van der Waals surface area contributed by atoms with E-state index in [2.05, 4.69) is 4.98 Å². The Hall–Kier alpha value is -1.16. The minimum Gasteiger partial charge on any atom is -0.302 e. The second kappa shape index (κ2) is 4.37. The van der Waals surface area contributed by atoms with Gasteiger partial charge in [0, 0.05) is 17.3 Å². The molecule has 0 aliphatic carbocycles. The number of aromatic nitrogens is 2. The van der Waals surface area contributed by atoms with Gasteiger partial charge in [0.05, 0.1) is 17.2 Å². The largest absolute Gasteiger partial charge is 0.302 e. The predicted octanol–water partition coefficient (Wildman–Crippen LogP) is 2.33. The van der Waals surface area contributed by atoms with Gasteiger partial charge in [-0.15, -0.1) is 11.3 Å². The van der Waals surface area contributed by atoms with E-state index < -0.39 is 0 Å². The summed E-state index contributed by atoms with van der Waals surface area (Å²) in [6.07, 6.45) is 1.55. The lowest BCUT2D eigenvalue weighted by atomic mass is 10.3. The van der Waals surface area contributed by atoms with Crippen LogP contribution in [0, 0.1) is 6.92 Å². The lowest BCUT2D eigenvalue weighted by molar-refractivity contribution is 0.843. The molecule has 2 heterocycles. The fraction of sp³-hybridized carbons (Fsp3) is 0.400. The van der Waals surface area contributed by atoms with Crippen LogP contribution in [0.25, 0.3) is 10.9 Å². The second-order valence-corrected chi connectivity index (χ2v) is 3.80. The summed E-state index contributed by atoms with van der Waals surface area (Å²) >= 11 is 1.56. The average molecular weight is 210 g/mol. The van der Waals surface area contributed by atoms with Crippen LogP contribution in [0.15, 0.2) is 16.5 Å². The monoisotopic (exact) mass is 210 g/mol. The Bertz CT molecular complexity index is 484. The molecule has 0 aromatic carbocycles. The van der Waals surface area contributed by atoms with E-state index in [0.717, 1.165) is 15.8 Å². The number of fused-ring (bicyclic) bond motifs is 1. The van der Waals surface area contributed by atoms with E-state index in [-0.39, 0.29) is 5.56 Å². The van der Waals surface area contributed by atoms with Crippen LogP contribution < -0.4 is 5.56 Å². The van der Waals surface area contributed by atoms with Gasteiger partial charge in [-0.3, -0.25) is 4.79 Å². The van der Waals surface area contributed by atoms with Crippen LogP contribution in [0.2, 0.25) is 0 Å². The van der Waals surface area contributed by atoms with Crippen LogP contribution in [-0.4, -0.2) is 9.55 Å². The molecule has 3 nitrogen and oxygen atoms in total. The minimum absolute atomic E-state index is 0.0405. The summed E-state index contributed by atoms with van der Waals surface area (Å²) < 4.78 is 1.50. The molecule has 0 saturated heterocycles. The third-order valence-electron chi connectivity index (χ3n) is 1.86. The summed E-state index contributed by atoms with van der Waals surface area (Å²) in [6, 6.07) is 0. The number of hydrogen-bond acceptors (Lipinski definition) is 3. The third kappa shape index (κ3) is 1.70. The van der Waals surface area contributed by atoms with E-state index in [1.165, 1.54) is 4.57 Å². The van der Waals surface area contributed by atoms with Crippen molar-refractivity contribution in [3.63, 3.8) is 0 Å². The lowest BCUT2D eigenvalue weighted by Gasteiger charge is -1.95. The summed E-state index contributed by atoms with van der Waals surface area (Å²) in [7, 11) is 1.71. The molecule has 0 fully saturated rings. The Labute approximate surface area is 87.0 Å². The first-order valence-corrected chi connectivity index (χ1v) is 5.47. The smallest absolute Gasteiger partial charge is 0.262 e. The summed E-state index contributed by atoms with van der Waals surface area (Å²) in [5.74, 6) is 0. The van der Waals surface area contributed by atoms with Crippen molar-refractivity contribution in [3.05, 3.63) is 26.9 Å². The molecule has 0 aliphatic rings. The number of hydrogen-bond donors (Lipinski definition) is 0. The van der Waals surface area contributed by atoms with Crippen molar-refractivity contribution in [2.75, 3.05) is 0 Å². The van der Waals surface area contributed by atoms with E-state index in [0.29, 0.717) is 0 Å². The van der Waals surface area contributed by atoms with Crippen LogP contribution in [0.4, 0.5) is 0 Å². The highest BCUT2D eigenvalue weighted by molar-refractivity contribution is 7.11. The molecule has 0 spiro atoms. The SMILES string of the molecule is CC.Cc1scc2ncn(C)c(=O)c12. The first-order valence-electron chi connectivity index (χ1n) is 4.59. The maximum atomic E-state index is 11.5. The molecule has 14 heavy (non-hydrogen) atoms. The quantitative estimate of drug-likeness (QED) is 0.669. The minimum atomic E-state index is 0.0405. The van der Waals surface area contributed by atoms with Gasteiger partial charge in [0.25, 0.3) is 5.56 Å². The van der Waals surface area contributed by atoms with Gasteiger partial charge in [-0.2, -0.15) is 0 Å². The number of rotatable bonds is 0. The highest BCUT2D eigenvalue weighted by atomic mass is 32.1. The van der Waals surface area contributed by atoms with Gasteiger partial charge in [0.2, 0.25) is 0 Å². The van der Waals surface area contributed by atoms with Crippen molar-refractivity contribution >= 4 is 22.2 Å². The van der Waals surface area contributed by atoms with Crippen molar-refractivity contribution in [1.82, 2.24) is 9.55 Å². The van der Waals surface area contributed by atoms with Crippen molar-refractivity contribution < 1.29 is 0 Å². The molecule has 2 rings (SSSR count). The molecule has 0 saturated carbocycles. The van der Waals surface area contributed by atoms with Gasteiger partial charge in [-0.25, -0.2) is 4.98 Å². The van der Waals surface area contributed by atoms with Crippen LogP contribution >= 0.6 is 11.3 Å². The molecule has 2 aromatic rings. The van der Waals surface area contributed by atoms with Gasteiger partial charge >= 0.3 is 0 Å². The van der Waals surface area contributed by atoms with Crippen molar-refractivity contribution in [2.45, 2.75) is 20.8 Å². The normalized spacial score (nSPS) is 9.71. The predicted molar refractivity (Wildman–Crippen MR) is 60.9 cm³/mol. The molecular weight excluding hydrogens is 196 g/mol.